The van der Waals surface area contributed by atoms with E-state index >= 15 is 0 Å². The minimum atomic E-state index is 0.689. The van der Waals surface area contributed by atoms with Crippen LogP contribution in [0, 0.1) is 6.92 Å². The number of hydrogen-bond acceptors (Lipinski definition) is 6. The zero-order chi connectivity index (χ0) is 12.8. The molecule has 0 amide bonds. The molecule has 2 heterocycles. The van der Waals surface area contributed by atoms with E-state index < -0.39 is 0 Å². The summed E-state index contributed by atoms with van der Waals surface area (Å²) in [6.07, 6.45) is 2.64. The Morgan fingerprint density at radius 3 is 2.67 bits per heavy atom. The van der Waals surface area contributed by atoms with Crippen LogP contribution in [0.15, 0.2) is 17.8 Å². The quantitative estimate of drug-likeness (QED) is 0.839. The van der Waals surface area contributed by atoms with Gasteiger partial charge in [-0.2, -0.15) is 0 Å². The summed E-state index contributed by atoms with van der Waals surface area (Å²) in [5.74, 6) is 1.66. The summed E-state index contributed by atoms with van der Waals surface area (Å²) in [4.78, 5) is 12.7. The van der Waals surface area contributed by atoms with Crippen molar-refractivity contribution in [3.05, 3.63) is 28.5 Å². The van der Waals surface area contributed by atoms with E-state index in [1.807, 2.05) is 13.0 Å². The third-order valence-corrected chi connectivity index (χ3v) is 3.16. The van der Waals surface area contributed by atoms with Crippen molar-refractivity contribution in [1.82, 2.24) is 15.0 Å². The number of nitrogens with zero attached hydrogens (tertiary/aromatic N) is 3. The maximum absolute atomic E-state index is 4.39. The molecule has 0 bridgehead atoms. The van der Waals surface area contributed by atoms with Gasteiger partial charge >= 0.3 is 0 Å². The monoisotopic (exact) mass is 263 g/mol. The van der Waals surface area contributed by atoms with Gasteiger partial charge in [0.15, 0.2) is 0 Å². The van der Waals surface area contributed by atoms with Gasteiger partial charge in [-0.05, 0) is 13.3 Å². The molecular weight excluding hydrogens is 246 g/mol. The van der Waals surface area contributed by atoms with Crippen LogP contribution in [0.3, 0.4) is 0 Å². The minimum absolute atomic E-state index is 0.689. The molecular formula is C12H17N5S. The van der Waals surface area contributed by atoms with Crippen LogP contribution in [0.25, 0.3) is 0 Å². The van der Waals surface area contributed by atoms with E-state index in [4.69, 9.17) is 0 Å². The molecule has 0 fully saturated rings. The fraction of sp³-hybridized carbons (Fsp3) is 0.417. The lowest BCUT2D eigenvalue weighted by molar-refractivity contribution is 0.962. The number of hydrogen-bond donors (Lipinski definition) is 2. The third kappa shape index (κ3) is 3.66. The second-order valence-corrected chi connectivity index (χ2v) is 4.99. The molecule has 0 aliphatic rings. The molecule has 0 atom stereocenters. The molecule has 0 aliphatic carbocycles. The number of nitrogens with one attached hydrogen (secondary N) is 2. The molecule has 5 nitrogen and oxygen atoms in total. The van der Waals surface area contributed by atoms with E-state index in [1.54, 1.807) is 17.7 Å². The van der Waals surface area contributed by atoms with Gasteiger partial charge in [-0.15, -0.1) is 11.3 Å². The van der Waals surface area contributed by atoms with Gasteiger partial charge in [0.2, 0.25) is 0 Å². The van der Waals surface area contributed by atoms with E-state index in [1.165, 1.54) is 0 Å². The van der Waals surface area contributed by atoms with Crippen LogP contribution in [-0.2, 0) is 6.54 Å². The largest absolute Gasteiger partial charge is 0.370 e. The Morgan fingerprint density at radius 2 is 2.00 bits per heavy atom. The SMILES string of the molecule is CCCNc1cc(NCc2csc(C)n2)ncn1. The van der Waals surface area contributed by atoms with Crippen LogP contribution in [0.4, 0.5) is 11.6 Å². The first-order valence-corrected chi connectivity index (χ1v) is 6.86. The summed E-state index contributed by atoms with van der Waals surface area (Å²) in [6.45, 7) is 5.74. The highest BCUT2D eigenvalue weighted by molar-refractivity contribution is 7.09. The molecule has 0 spiro atoms. The van der Waals surface area contributed by atoms with E-state index in [0.717, 1.165) is 35.3 Å². The van der Waals surface area contributed by atoms with Crippen LogP contribution in [0.2, 0.25) is 0 Å². The molecule has 96 valence electrons. The zero-order valence-corrected chi connectivity index (χ0v) is 11.4. The van der Waals surface area contributed by atoms with Crippen LogP contribution in [-0.4, -0.2) is 21.5 Å². The summed E-state index contributed by atoms with van der Waals surface area (Å²) >= 11 is 1.66. The molecule has 0 saturated heterocycles. The maximum Gasteiger partial charge on any atom is 0.131 e. The Hall–Kier alpha value is -1.69. The van der Waals surface area contributed by atoms with Gasteiger partial charge in [0.25, 0.3) is 0 Å². The summed E-state index contributed by atoms with van der Waals surface area (Å²) in [5.41, 5.74) is 1.04. The van der Waals surface area contributed by atoms with Gasteiger partial charge in [-0.1, -0.05) is 6.92 Å². The van der Waals surface area contributed by atoms with Crippen molar-refractivity contribution in [3.8, 4) is 0 Å². The summed E-state index contributed by atoms with van der Waals surface area (Å²) in [7, 11) is 0. The minimum Gasteiger partial charge on any atom is -0.370 e. The summed E-state index contributed by atoms with van der Waals surface area (Å²) < 4.78 is 0. The van der Waals surface area contributed by atoms with Crippen molar-refractivity contribution in [3.63, 3.8) is 0 Å². The molecule has 2 N–H and O–H groups in total. The lowest BCUT2D eigenvalue weighted by Gasteiger charge is -2.06. The summed E-state index contributed by atoms with van der Waals surface area (Å²) in [6, 6.07) is 1.91. The Morgan fingerprint density at radius 1 is 1.22 bits per heavy atom. The van der Waals surface area contributed by atoms with Gasteiger partial charge < -0.3 is 10.6 Å². The number of aryl methyl sites for hydroxylation is 1. The lowest BCUT2D eigenvalue weighted by atomic mass is 10.4. The zero-order valence-electron chi connectivity index (χ0n) is 10.6. The van der Waals surface area contributed by atoms with Gasteiger partial charge in [0.05, 0.1) is 17.2 Å². The second-order valence-electron chi connectivity index (χ2n) is 3.93. The van der Waals surface area contributed by atoms with E-state index in [-0.39, 0.29) is 0 Å². The molecule has 0 radical (unpaired) electrons. The van der Waals surface area contributed by atoms with Gasteiger partial charge in [-0.3, -0.25) is 0 Å². The van der Waals surface area contributed by atoms with Crippen molar-refractivity contribution in [2.45, 2.75) is 26.8 Å². The smallest absolute Gasteiger partial charge is 0.131 e. The number of thiazole rings is 1. The highest BCUT2D eigenvalue weighted by Crippen LogP contribution is 2.12. The van der Waals surface area contributed by atoms with E-state index in [2.05, 4.69) is 37.9 Å². The van der Waals surface area contributed by atoms with E-state index in [9.17, 15) is 0 Å². The Kier molecular flexibility index (Phi) is 4.46. The predicted octanol–water partition coefficient (Wildman–Crippen LogP) is 2.68. The first kappa shape index (κ1) is 12.8. The molecule has 0 aliphatic heterocycles. The lowest BCUT2D eigenvalue weighted by Crippen LogP contribution is -2.05. The second kappa shape index (κ2) is 6.30. The fourth-order valence-corrected chi connectivity index (χ4v) is 2.09. The maximum atomic E-state index is 4.39. The Bertz CT molecular complexity index is 497. The fourth-order valence-electron chi connectivity index (χ4n) is 1.47. The molecule has 2 rings (SSSR count). The van der Waals surface area contributed by atoms with Crippen molar-refractivity contribution >= 4 is 23.0 Å². The Balaban J connectivity index is 1.92. The Labute approximate surface area is 111 Å². The molecule has 0 aromatic carbocycles. The molecule has 0 unspecified atom stereocenters. The van der Waals surface area contributed by atoms with Crippen molar-refractivity contribution < 1.29 is 0 Å². The first-order valence-electron chi connectivity index (χ1n) is 5.98. The average Bonchev–Trinajstić information content (AvgIpc) is 2.80. The number of aromatic nitrogens is 3. The van der Waals surface area contributed by atoms with E-state index in [0.29, 0.717) is 6.54 Å². The molecule has 18 heavy (non-hydrogen) atoms. The molecule has 2 aromatic heterocycles. The van der Waals surface area contributed by atoms with Gasteiger partial charge in [0.1, 0.15) is 18.0 Å². The van der Waals surface area contributed by atoms with Crippen LogP contribution >= 0.6 is 11.3 Å². The summed E-state index contributed by atoms with van der Waals surface area (Å²) in [5, 5.41) is 9.61. The topological polar surface area (TPSA) is 62.7 Å². The normalized spacial score (nSPS) is 10.3. The van der Waals surface area contributed by atoms with Crippen molar-refractivity contribution in [1.29, 1.82) is 0 Å². The predicted molar refractivity (Wildman–Crippen MR) is 75.0 cm³/mol. The highest BCUT2D eigenvalue weighted by atomic mass is 32.1. The average molecular weight is 263 g/mol. The number of rotatable bonds is 6. The first-order chi connectivity index (χ1) is 8.78. The van der Waals surface area contributed by atoms with Gasteiger partial charge in [-0.25, -0.2) is 15.0 Å². The third-order valence-electron chi connectivity index (χ3n) is 2.34. The highest BCUT2D eigenvalue weighted by Gasteiger charge is 2.00. The standard InChI is InChI=1S/C12H17N5S/c1-3-4-13-11-5-12(16-8-15-11)14-6-10-7-18-9(2)17-10/h5,7-8H,3-4,6H2,1-2H3,(H2,13,14,15,16). The molecule has 0 saturated carbocycles. The number of anilines is 2. The van der Waals surface area contributed by atoms with Crippen LogP contribution < -0.4 is 10.6 Å². The van der Waals surface area contributed by atoms with Gasteiger partial charge in [0, 0.05) is 18.0 Å². The van der Waals surface area contributed by atoms with Crippen molar-refractivity contribution in [2.75, 3.05) is 17.2 Å². The molecule has 2 aromatic rings. The van der Waals surface area contributed by atoms with Crippen LogP contribution in [0.1, 0.15) is 24.0 Å². The van der Waals surface area contributed by atoms with Crippen LogP contribution in [0.5, 0.6) is 0 Å². The van der Waals surface area contributed by atoms with Crippen molar-refractivity contribution in [2.24, 2.45) is 0 Å². The molecule has 6 heteroatoms.